The zero-order valence-electron chi connectivity index (χ0n) is 18.8. The minimum Gasteiger partial charge on any atom is -0.477 e. The summed E-state index contributed by atoms with van der Waals surface area (Å²) >= 11 is 0. The van der Waals surface area contributed by atoms with E-state index in [1.165, 1.54) is 0 Å². The number of benzene rings is 2. The highest BCUT2D eigenvalue weighted by Crippen LogP contribution is 2.32. The molecule has 4 aromatic rings. The van der Waals surface area contributed by atoms with Gasteiger partial charge in [-0.25, -0.2) is 9.78 Å². The molecule has 9 heteroatoms. The molecule has 170 valence electrons. The molecule has 0 unspecified atom stereocenters. The Bertz CT molecular complexity index is 1250. The fourth-order valence-corrected chi connectivity index (χ4v) is 3.87. The van der Waals surface area contributed by atoms with Crippen LogP contribution in [0.2, 0.25) is 0 Å². The summed E-state index contributed by atoms with van der Waals surface area (Å²) in [5.74, 6) is -0.0191. The maximum atomic E-state index is 12.2. The Kier molecular flexibility index (Phi) is 6.06. The number of imidazole rings is 1. The van der Waals surface area contributed by atoms with Crippen LogP contribution < -0.4 is 0 Å². The molecular formula is C24H26N6O3. The molecule has 0 saturated heterocycles. The number of aromatic carboxylic acids is 1. The lowest BCUT2D eigenvalue weighted by Crippen LogP contribution is -2.21. The first-order chi connectivity index (χ1) is 15.8. The van der Waals surface area contributed by atoms with Gasteiger partial charge in [0.15, 0.2) is 5.69 Å². The van der Waals surface area contributed by atoms with Gasteiger partial charge >= 0.3 is 5.97 Å². The summed E-state index contributed by atoms with van der Waals surface area (Å²) in [5, 5.41) is 34.9. The second-order valence-corrected chi connectivity index (χ2v) is 8.36. The van der Waals surface area contributed by atoms with Crippen LogP contribution in [-0.4, -0.2) is 46.4 Å². The molecular weight excluding hydrogens is 420 g/mol. The molecule has 0 fully saturated rings. The van der Waals surface area contributed by atoms with Gasteiger partial charge in [-0.1, -0.05) is 49.7 Å². The molecule has 2 aromatic heterocycles. The highest BCUT2D eigenvalue weighted by Gasteiger charge is 2.32. The summed E-state index contributed by atoms with van der Waals surface area (Å²) in [5.41, 5.74) is 2.11. The molecule has 0 bridgehead atoms. The van der Waals surface area contributed by atoms with Crippen molar-refractivity contribution in [1.82, 2.24) is 30.2 Å². The smallest absolute Gasteiger partial charge is 0.354 e. The molecule has 0 aliphatic rings. The highest BCUT2D eigenvalue weighted by atomic mass is 16.4. The molecule has 9 nitrogen and oxygen atoms in total. The van der Waals surface area contributed by atoms with Crippen molar-refractivity contribution in [3.8, 4) is 28.2 Å². The van der Waals surface area contributed by atoms with Gasteiger partial charge < -0.3 is 10.2 Å². The van der Waals surface area contributed by atoms with Crippen molar-refractivity contribution in [1.29, 1.82) is 0 Å². The molecule has 0 radical (unpaired) electrons. The van der Waals surface area contributed by atoms with E-state index in [-0.39, 0.29) is 11.4 Å². The second-order valence-electron chi connectivity index (χ2n) is 8.36. The third-order valence-corrected chi connectivity index (χ3v) is 5.43. The van der Waals surface area contributed by atoms with E-state index in [1.54, 1.807) is 18.4 Å². The minimum atomic E-state index is -1.39. The molecule has 3 N–H and O–H groups in total. The average Bonchev–Trinajstić information content (AvgIpc) is 3.46. The lowest BCUT2D eigenvalue weighted by Gasteiger charge is -2.16. The summed E-state index contributed by atoms with van der Waals surface area (Å²) in [6, 6.07) is 15.3. The number of hydrogen-bond acceptors (Lipinski definition) is 6. The van der Waals surface area contributed by atoms with E-state index in [0.717, 1.165) is 29.5 Å². The van der Waals surface area contributed by atoms with Gasteiger partial charge in [-0.2, -0.15) is 5.21 Å². The van der Waals surface area contributed by atoms with E-state index in [4.69, 9.17) is 0 Å². The molecule has 0 spiro atoms. The predicted molar refractivity (Wildman–Crippen MR) is 123 cm³/mol. The van der Waals surface area contributed by atoms with E-state index in [2.05, 4.69) is 32.5 Å². The van der Waals surface area contributed by atoms with Gasteiger partial charge in [-0.15, -0.1) is 10.2 Å². The van der Waals surface area contributed by atoms with Crippen LogP contribution in [0, 0.1) is 0 Å². The molecule has 0 aliphatic carbocycles. The van der Waals surface area contributed by atoms with Gasteiger partial charge in [0.25, 0.3) is 0 Å². The monoisotopic (exact) mass is 446 g/mol. The van der Waals surface area contributed by atoms with E-state index >= 15 is 0 Å². The topological polar surface area (TPSA) is 130 Å². The Hall–Kier alpha value is -3.85. The number of nitrogens with zero attached hydrogens (tertiary/aromatic N) is 5. The van der Waals surface area contributed by atoms with Crippen LogP contribution >= 0.6 is 0 Å². The molecule has 33 heavy (non-hydrogen) atoms. The first-order valence-corrected chi connectivity index (χ1v) is 10.8. The van der Waals surface area contributed by atoms with E-state index in [0.29, 0.717) is 23.8 Å². The van der Waals surface area contributed by atoms with Crippen LogP contribution in [0.5, 0.6) is 0 Å². The maximum Gasteiger partial charge on any atom is 0.354 e. The number of rotatable bonds is 8. The number of aliphatic hydroxyl groups is 1. The Labute approximate surface area is 191 Å². The number of hydrogen-bond donors (Lipinski definition) is 3. The molecule has 2 heterocycles. The zero-order chi connectivity index (χ0) is 23.6. The van der Waals surface area contributed by atoms with Crippen molar-refractivity contribution >= 4 is 5.97 Å². The van der Waals surface area contributed by atoms with Crippen LogP contribution in [0.1, 0.15) is 55.6 Å². The molecule has 0 atom stereocenters. The number of carboxylic acid groups (broad SMARTS) is 1. The zero-order valence-corrected chi connectivity index (χ0v) is 18.8. The third kappa shape index (κ3) is 4.40. The number of aromatic nitrogens is 6. The van der Waals surface area contributed by atoms with Gasteiger partial charge in [0.2, 0.25) is 5.82 Å². The Balaban J connectivity index is 1.82. The maximum absolute atomic E-state index is 12.2. The summed E-state index contributed by atoms with van der Waals surface area (Å²) < 4.78 is 1.64. The van der Waals surface area contributed by atoms with Gasteiger partial charge in [-0.05, 0) is 48.7 Å². The largest absolute Gasteiger partial charge is 0.477 e. The van der Waals surface area contributed by atoms with E-state index in [9.17, 15) is 15.0 Å². The molecule has 0 aliphatic heterocycles. The Morgan fingerprint density at radius 2 is 1.79 bits per heavy atom. The first kappa shape index (κ1) is 22.3. The number of nitrogens with one attached hydrogen (secondary N) is 1. The lowest BCUT2D eigenvalue weighted by atomic mass is 9.99. The van der Waals surface area contributed by atoms with Gasteiger partial charge in [0.1, 0.15) is 17.1 Å². The summed E-state index contributed by atoms with van der Waals surface area (Å²) in [4.78, 5) is 16.8. The third-order valence-electron chi connectivity index (χ3n) is 5.43. The van der Waals surface area contributed by atoms with Crippen LogP contribution in [0.25, 0.3) is 28.2 Å². The van der Waals surface area contributed by atoms with Gasteiger partial charge in [0.05, 0.1) is 0 Å². The summed E-state index contributed by atoms with van der Waals surface area (Å²) in [6.07, 6.45) is 2.41. The number of unbranched alkanes of at least 4 members (excludes halogenated alkanes) is 1. The average molecular weight is 447 g/mol. The van der Waals surface area contributed by atoms with E-state index in [1.807, 2.05) is 48.5 Å². The van der Waals surface area contributed by atoms with Crippen molar-refractivity contribution in [3.05, 3.63) is 65.7 Å². The molecule has 0 saturated carbocycles. The van der Waals surface area contributed by atoms with Gasteiger partial charge in [0, 0.05) is 17.7 Å². The van der Waals surface area contributed by atoms with Crippen molar-refractivity contribution in [2.75, 3.05) is 0 Å². The minimum absolute atomic E-state index is 0.0199. The second kappa shape index (κ2) is 8.95. The highest BCUT2D eigenvalue weighted by molar-refractivity contribution is 5.88. The normalized spacial score (nSPS) is 11.6. The summed E-state index contributed by atoms with van der Waals surface area (Å²) in [7, 11) is 0. The standard InChI is InChI=1S/C24H26N6O3/c1-4-5-10-19-25-21(24(2,3)33)20(23(31)32)30(19)16-13-11-15(12-14-16)17-8-6-7-9-18(17)22-26-28-29-27-22/h6-9,11-14,33H,4-5,10H2,1-3H3,(H,31,32)(H,26,27,28,29). The SMILES string of the molecule is CCCCc1nc(C(C)(C)O)c(C(=O)O)n1-c1ccc(-c2ccccc2-c2nn[nH]n2)cc1. The molecule has 2 aromatic carbocycles. The first-order valence-electron chi connectivity index (χ1n) is 10.8. The van der Waals surface area contributed by atoms with Crippen LogP contribution in [-0.2, 0) is 12.0 Å². The predicted octanol–water partition coefficient (Wildman–Crippen LogP) is 3.99. The number of H-pyrrole nitrogens is 1. The summed E-state index contributed by atoms with van der Waals surface area (Å²) in [6.45, 7) is 5.17. The van der Waals surface area contributed by atoms with Crippen molar-refractivity contribution in [2.24, 2.45) is 0 Å². The number of aryl methyl sites for hydroxylation is 1. The van der Waals surface area contributed by atoms with Crippen molar-refractivity contribution in [3.63, 3.8) is 0 Å². The van der Waals surface area contributed by atoms with Crippen LogP contribution in [0.15, 0.2) is 48.5 Å². The number of tetrazole rings is 1. The van der Waals surface area contributed by atoms with Crippen LogP contribution in [0.4, 0.5) is 0 Å². The lowest BCUT2D eigenvalue weighted by molar-refractivity contribution is 0.0605. The molecule has 0 amide bonds. The fourth-order valence-electron chi connectivity index (χ4n) is 3.87. The molecule has 4 rings (SSSR count). The van der Waals surface area contributed by atoms with Gasteiger partial charge in [-0.3, -0.25) is 4.57 Å². The van der Waals surface area contributed by atoms with Crippen LogP contribution in [0.3, 0.4) is 0 Å². The fraction of sp³-hybridized carbons (Fsp3) is 0.292. The van der Waals surface area contributed by atoms with Crippen molar-refractivity contribution in [2.45, 2.75) is 45.6 Å². The number of carbonyl (C=O) groups is 1. The van der Waals surface area contributed by atoms with Crippen molar-refractivity contribution < 1.29 is 15.0 Å². The Morgan fingerprint density at radius 1 is 1.09 bits per heavy atom. The number of aromatic amines is 1. The number of carboxylic acids is 1. The Morgan fingerprint density at radius 3 is 2.36 bits per heavy atom. The van der Waals surface area contributed by atoms with E-state index < -0.39 is 11.6 Å². The quantitative estimate of drug-likeness (QED) is 0.373.